The third-order valence-electron chi connectivity index (χ3n) is 2.86. The molecule has 0 aliphatic rings. The van der Waals surface area contributed by atoms with Gasteiger partial charge in [-0.3, -0.25) is 0 Å². The van der Waals surface area contributed by atoms with Gasteiger partial charge in [0.15, 0.2) is 0 Å². The SMILES string of the molecule is CCC[C@H](O)[C@H](N)c1ccc(N(C)C)cc1Cl.Cl. The Morgan fingerprint density at radius 2 is 2.00 bits per heavy atom. The van der Waals surface area contributed by atoms with Crippen LogP contribution >= 0.6 is 24.0 Å². The summed E-state index contributed by atoms with van der Waals surface area (Å²) in [5.41, 5.74) is 7.83. The van der Waals surface area contributed by atoms with E-state index in [4.69, 9.17) is 17.3 Å². The van der Waals surface area contributed by atoms with Gasteiger partial charge >= 0.3 is 0 Å². The molecule has 0 saturated carbocycles. The minimum Gasteiger partial charge on any atom is -0.391 e. The Labute approximate surface area is 120 Å². The molecule has 5 heteroatoms. The Bertz CT molecular complexity index is 372. The lowest BCUT2D eigenvalue weighted by Crippen LogP contribution is -2.26. The van der Waals surface area contributed by atoms with Crippen molar-refractivity contribution >= 4 is 29.7 Å². The van der Waals surface area contributed by atoms with Crippen LogP contribution in [0.3, 0.4) is 0 Å². The van der Waals surface area contributed by atoms with Crippen molar-refractivity contribution in [2.75, 3.05) is 19.0 Å². The zero-order valence-electron chi connectivity index (χ0n) is 11.1. The van der Waals surface area contributed by atoms with Gasteiger partial charge in [0.1, 0.15) is 0 Å². The number of nitrogens with zero attached hydrogens (tertiary/aromatic N) is 1. The van der Waals surface area contributed by atoms with E-state index in [0.717, 1.165) is 17.7 Å². The maximum Gasteiger partial charge on any atom is 0.0733 e. The molecular weight excluding hydrogens is 271 g/mol. The van der Waals surface area contributed by atoms with E-state index in [2.05, 4.69) is 0 Å². The van der Waals surface area contributed by atoms with Crippen molar-refractivity contribution in [3.63, 3.8) is 0 Å². The molecule has 1 aromatic rings. The van der Waals surface area contributed by atoms with E-state index in [1.807, 2.05) is 44.1 Å². The van der Waals surface area contributed by atoms with Crippen LogP contribution in [0.2, 0.25) is 5.02 Å². The van der Waals surface area contributed by atoms with Gasteiger partial charge in [-0.05, 0) is 24.1 Å². The van der Waals surface area contributed by atoms with Crippen LogP contribution in [0, 0.1) is 0 Å². The molecule has 2 atom stereocenters. The first-order valence-corrected chi connectivity index (χ1v) is 6.25. The van der Waals surface area contributed by atoms with E-state index >= 15 is 0 Å². The smallest absolute Gasteiger partial charge is 0.0733 e. The summed E-state index contributed by atoms with van der Waals surface area (Å²) >= 11 is 6.19. The molecule has 18 heavy (non-hydrogen) atoms. The number of benzene rings is 1. The molecular formula is C13H22Cl2N2O. The van der Waals surface area contributed by atoms with Crippen LogP contribution in [-0.4, -0.2) is 25.3 Å². The number of hydrogen-bond acceptors (Lipinski definition) is 3. The van der Waals surface area contributed by atoms with Gasteiger partial charge in [0.25, 0.3) is 0 Å². The van der Waals surface area contributed by atoms with E-state index in [1.165, 1.54) is 0 Å². The standard InChI is InChI=1S/C13H21ClN2O.ClH/c1-4-5-12(17)13(15)10-7-6-9(16(2)3)8-11(10)14;/h6-8,12-13,17H,4-5,15H2,1-3H3;1H/t12-,13+;/m0./s1. The van der Waals surface area contributed by atoms with Crippen LogP contribution in [0.5, 0.6) is 0 Å². The first kappa shape index (κ1) is 17.5. The van der Waals surface area contributed by atoms with Crippen LogP contribution in [0.1, 0.15) is 31.4 Å². The van der Waals surface area contributed by atoms with Gasteiger partial charge in [-0.25, -0.2) is 0 Å². The molecule has 3 nitrogen and oxygen atoms in total. The monoisotopic (exact) mass is 292 g/mol. The molecule has 0 aliphatic heterocycles. The van der Waals surface area contributed by atoms with E-state index in [9.17, 15) is 5.11 Å². The fraction of sp³-hybridized carbons (Fsp3) is 0.538. The summed E-state index contributed by atoms with van der Waals surface area (Å²) in [6, 6.07) is 5.30. The zero-order chi connectivity index (χ0) is 13.0. The lowest BCUT2D eigenvalue weighted by atomic mass is 9.99. The molecule has 0 saturated heterocycles. The zero-order valence-corrected chi connectivity index (χ0v) is 12.6. The van der Waals surface area contributed by atoms with Crippen LogP contribution in [0.4, 0.5) is 5.69 Å². The maximum absolute atomic E-state index is 9.88. The van der Waals surface area contributed by atoms with Crippen LogP contribution in [-0.2, 0) is 0 Å². The second-order valence-corrected chi connectivity index (χ2v) is 4.89. The van der Waals surface area contributed by atoms with Crippen molar-refractivity contribution in [1.82, 2.24) is 0 Å². The molecule has 3 N–H and O–H groups in total. The number of aliphatic hydroxyl groups excluding tert-OH is 1. The average Bonchev–Trinajstić information content (AvgIpc) is 2.28. The van der Waals surface area contributed by atoms with Gasteiger partial charge in [0.05, 0.1) is 12.1 Å². The van der Waals surface area contributed by atoms with E-state index in [0.29, 0.717) is 11.4 Å². The van der Waals surface area contributed by atoms with Crippen molar-refractivity contribution in [3.05, 3.63) is 28.8 Å². The van der Waals surface area contributed by atoms with Crippen molar-refractivity contribution in [3.8, 4) is 0 Å². The Morgan fingerprint density at radius 1 is 1.39 bits per heavy atom. The quantitative estimate of drug-likeness (QED) is 0.877. The van der Waals surface area contributed by atoms with Gasteiger partial charge < -0.3 is 15.7 Å². The summed E-state index contributed by atoms with van der Waals surface area (Å²) in [6.07, 6.45) is 1.05. The van der Waals surface area contributed by atoms with Gasteiger partial charge in [-0.15, -0.1) is 12.4 Å². The number of aliphatic hydroxyl groups is 1. The van der Waals surface area contributed by atoms with E-state index in [1.54, 1.807) is 0 Å². The summed E-state index contributed by atoms with van der Waals surface area (Å²) in [6.45, 7) is 2.02. The summed E-state index contributed by atoms with van der Waals surface area (Å²) < 4.78 is 0. The Kier molecular flexibility index (Phi) is 7.64. The largest absolute Gasteiger partial charge is 0.391 e. The topological polar surface area (TPSA) is 49.5 Å². The second kappa shape index (κ2) is 7.85. The molecule has 0 spiro atoms. The first-order valence-electron chi connectivity index (χ1n) is 5.87. The minimum atomic E-state index is -0.539. The molecule has 0 unspecified atom stereocenters. The Balaban J connectivity index is 0.00000289. The average molecular weight is 293 g/mol. The van der Waals surface area contributed by atoms with Crippen LogP contribution in [0.25, 0.3) is 0 Å². The molecule has 1 rings (SSSR count). The molecule has 0 heterocycles. The van der Waals surface area contributed by atoms with Crippen molar-refractivity contribution in [2.45, 2.75) is 31.9 Å². The maximum atomic E-state index is 9.88. The van der Waals surface area contributed by atoms with E-state index < -0.39 is 12.1 Å². The summed E-state index contributed by atoms with van der Waals surface area (Å²) in [7, 11) is 3.91. The summed E-state index contributed by atoms with van der Waals surface area (Å²) in [5.74, 6) is 0. The predicted molar refractivity (Wildman–Crippen MR) is 80.9 cm³/mol. The summed E-state index contributed by atoms with van der Waals surface area (Å²) in [5, 5.41) is 10.5. The number of nitrogens with two attached hydrogens (primary N) is 1. The normalized spacial score (nSPS) is 13.7. The minimum absolute atomic E-state index is 0. The number of anilines is 1. The fourth-order valence-electron chi connectivity index (χ4n) is 1.75. The lowest BCUT2D eigenvalue weighted by molar-refractivity contribution is 0.134. The number of hydrogen-bond donors (Lipinski definition) is 2. The molecule has 0 aromatic heterocycles. The third-order valence-corrected chi connectivity index (χ3v) is 3.19. The molecule has 104 valence electrons. The molecule has 0 bridgehead atoms. The van der Waals surface area contributed by atoms with Gasteiger partial charge in [-0.2, -0.15) is 0 Å². The van der Waals surface area contributed by atoms with Crippen molar-refractivity contribution in [1.29, 1.82) is 0 Å². The molecule has 0 radical (unpaired) electrons. The molecule has 0 aliphatic carbocycles. The number of rotatable bonds is 5. The highest BCUT2D eigenvalue weighted by Gasteiger charge is 2.18. The summed E-state index contributed by atoms with van der Waals surface area (Å²) in [4.78, 5) is 1.98. The van der Waals surface area contributed by atoms with Crippen molar-refractivity contribution < 1.29 is 5.11 Å². The Hall–Kier alpha value is -0.480. The van der Waals surface area contributed by atoms with Gasteiger partial charge in [-0.1, -0.05) is 31.0 Å². The van der Waals surface area contributed by atoms with Gasteiger partial charge in [0, 0.05) is 24.8 Å². The van der Waals surface area contributed by atoms with Crippen LogP contribution < -0.4 is 10.6 Å². The van der Waals surface area contributed by atoms with Gasteiger partial charge in [0.2, 0.25) is 0 Å². The first-order chi connectivity index (χ1) is 7.97. The second-order valence-electron chi connectivity index (χ2n) is 4.48. The van der Waals surface area contributed by atoms with Crippen LogP contribution in [0.15, 0.2) is 18.2 Å². The predicted octanol–water partition coefficient (Wildman–Crippen LogP) is 2.99. The highest BCUT2D eigenvalue weighted by molar-refractivity contribution is 6.31. The fourth-order valence-corrected chi connectivity index (χ4v) is 2.05. The molecule has 0 amide bonds. The highest BCUT2D eigenvalue weighted by Crippen LogP contribution is 2.28. The third kappa shape index (κ3) is 4.32. The lowest BCUT2D eigenvalue weighted by Gasteiger charge is -2.21. The van der Waals surface area contributed by atoms with E-state index in [-0.39, 0.29) is 12.4 Å². The molecule has 0 fully saturated rings. The highest BCUT2D eigenvalue weighted by atomic mass is 35.5. The molecule has 1 aromatic carbocycles. The number of halogens is 2. The Morgan fingerprint density at radius 3 is 2.44 bits per heavy atom. The van der Waals surface area contributed by atoms with Crippen molar-refractivity contribution in [2.24, 2.45) is 5.73 Å².